The molecule has 0 aliphatic carbocycles. The number of hydrogen-bond acceptors (Lipinski definition) is 11. The van der Waals surface area contributed by atoms with Gasteiger partial charge in [0.2, 0.25) is 11.8 Å². The van der Waals surface area contributed by atoms with Gasteiger partial charge in [0.05, 0.1) is 24.0 Å². The van der Waals surface area contributed by atoms with Gasteiger partial charge in [-0.25, -0.2) is 0 Å². The van der Waals surface area contributed by atoms with Gasteiger partial charge in [-0.2, -0.15) is 8.42 Å². The van der Waals surface area contributed by atoms with Crippen molar-refractivity contribution in [3.05, 3.63) is 150 Å². The van der Waals surface area contributed by atoms with Gasteiger partial charge in [0.1, 0.15) is 18.1 Å². The van der Waals surface area contributed by atoms with Crippen LogP contribution in [0.5, 0.6) is 0 Å². The molecule has 14 heteroatoms. The van der Waals surface area contributed by atoms with Gasteiger partial charge in [-0.05, 0) is 73.2 Å². The fourth-order valence-electron chi connectivity index (χ4n) is 6.29. The SMILES string of the molecule is CCOC(=O)C(C(=O)Cc1ccc(-c2ccccc2)cc1)[C@@H](C)C(=O)NC.CCOC(=O)CC(=O)Cc1ccc(-c2ccccc2)cc1.CNC(=O)[C@@H](C)OS(=O)(=O)c1ccc(C)cc1. The summed E-state index contributed by atoms with van der Waals surface area (Å²) in [7, 11) is -0.995. The molecular formula is C51H58N2O11S. The number of carbonyl (C=O) groups excluding carboxylic acids is 6. The van der Waals surface area contributed by atoms with Gasteiger partial charge in [-0.15, -0.1) is 0 Å². The number of hydrogen-bond donors (Lipinski definition) is 2. The lowest BCUT2D eigenvalue weighted by Crippen LogP contribution is -2.40. The predicted octanol–water partition coefficient (Wildman–Crippen LogP) is 7.28. The van der Waals surface area contributed by atoms with E-state index < -0.39 is 45.9 Å². The Morgan fingerprint density at radius 3 is 1.46 bits per heavy atom. The zero-order valence-corrected chi connectivity index (χ0v) is 38.7. The van der Waals surface area contributed by atoms with E-state index in [1.807, 2.05) is 116 Å². The molecule has 0 aliphatic heterocycles. The topological polar surface area (TPSA) is 188 Å². The summed E-state index contributed by atoms with van der Waals surface area (Å²) in [5.41, 5.74) is 7.03. The molecule has 0 bridgehead atoms. The van der Waals surface area contributed by atoms with E-state index >= 15 is 0 Å². The minimum Gasteiger partial charge on any atom is -0.466 e. The van der Waals surface area contributed by atoms with Crippen LogP contribution in [0.1, 0.15) is 50.8 Å². The van der Waals surface area contributed by atoms with Crippen LogP contribution in [0.3, 0.4) is 0 Å². The molecule has 0 saturated carbocycles. The summed E-state index contributed by atoms with van der Waals surface area (Å²) in [6, 6.07) is 41.6. The molecule has 5 aromatic rings. The smallest absolute Gasteiger partial charge is 0.317 e. The van der Waals surface area contributed by atoms with E-state index in [2.05, 4.69) is 10.6 Å². The molecule has 5 aromatic carbocycles. The van der Waals surface area contributed by atoms with Crippen molar-refractivity contribution < 1.29 is 50.8 Å². The molecule has 65 heavy (non-hydrogen) atoms. The number of ether oxygens (including phenoxy) is 2. The molecule has 0 radical (unpaired) electrons. The molecule has 0 heterocycles. The van der Waals surface area contributed by atoms with Crippen molar-refractivity contribution in [3.63, 3.8) is 0 Å². The van der Waals surface area contributed by atoms with Crippen molar-refractivity contribution in [2.75, 3.05) is 27.3 Å². The maximum Gasteiger partial charge on any atom is 0.317 e. The van der Waals surface area contributed by atoms with Gasteiger partial charge in [0, 0.05) is 26.9 Å². The third-order valence-corrected chi connectivity index (χ3v) is 11.2. The van der Waals surface area contributed by atoms with E-state index in [4.69, 9.17) is 13.7 Å². The third kappa shape index (κ3) is 17.4. The average Bonchev–Trinajstić information content (AvgIpc) is 3.30. The van der Waals surface area contributed by atoms with Crippen molar-refractivity contribution in [2.45, 2.75) is 64.9 Å². The van der Waals surface area contributed by atoms with Crippen molar-refractivity contribution >= 4 is 45.4 Å². The summed E-state index contributed by atoms with van der Waals surface area (Å²) in [5.74, 6) is -4.30. The summed E-state index contributed by atoms with van der Waals surface area (Å²) < 4.78 is 38.1. The summed E-state index contributed by atoms with van der Waals surface area (Å²) in [4.78, 5) is 71.2. The Morgan fingerprint density at radius 1 is 0.569 bits per heavy atom. The van der Waals surface area contributed by atoms with Crippen LogP contribution in [-0.2, 0) is 65.4 Å². The molecular weight excluding hydrogens is 849 g/mol. The van der Waals surface area contributed by atoms with E-state index in [0.29, 0.717) is 6.61 Å². The lowest BCUT2D eigenvalue weighted by atomic mass is 9.86. The average molecular weight is 907 g/mol. The normalized spacial score (nSPS) is 12.0. The second-order valence-corrected chi connectivity index (χ2v) is 16.3. The largest absolute Gasteiger partial charge is 0.466 e. The van der Waals surface area contributed by atoms with Crippen LogP contribution in [-0.4, -0.2) is 77.2 Å². The molecule has 0 spiro atoms. The Hall–Kier alpha value is -6.77. The highest BCUT2D eigenvalue weighted by molar-refractivity contribution is 7.86. The fourth-order valence-corrected chi connectivity index (χ4v) is 7.34. The van der Waals surface area contributed by atoms with Gasteiger partial charge >= 0.3 is 11.9 Å². The van der Waals surface area contributed by atoms with Gasteiger partial charge in [0.15, 0.2) is 11.9 Å². The molecule has 0 saturated heterocycles. The first-order chi connectivity index (χ1) is 31.0. The maximum absolute atomic E-state index is 12.8. The second kappa shape index (κ2) is 26.8. The predicted molar refractivity (Wildman–Crippen MR) is 249 cm³/mol. The van der Waals surface area contributed by atoms with Gasteiger partial charge in [-0.1, -0.05) is 134 Å². The molecule has 344 valence electrons. The minimum absolute atomic E-state index is 0.0406. The number of ketones is 2. The number of likely N-dealkylation sites (N-methyl/N-ethyl adjacent to an activating group) is 1. The summed E-state index contributed by atoms with van der Waals surface area (Å²) >= 11 is 0. The van der Waals surface area contributed by atoms with Gasteiger partial charge < -0.3 is 20.1 Å². The van der Waals surface area contributed by atoms with E-state index in [-0.39, 0.29) is 48.2 Å². The number of Topliss-reactive ketones (excluding diaryl/α,β-unsaturated/α-hetero) is 2. The van der Waals surface area contributed by atoms with Crippen LogP contribution in [0, 0.1) is 18.8 Å². The highest BCUT2D eigenvalue weighted by Gasteiger charge is 2.36. The van der Waals surface area contributed by atoms with Crippen LogP contribution in [0.2, 0.25) is 0 Å². The third-order valence-electron chi connectivity index (χ3n) is 9.79. The molecule has 2 amide bonds. The number of carbonyl (C=O) groups is 6. The molecule has 3 atom stereocenters. The molecule has 13 nitrogen and oxygen atoms in total. The monoisotopic (exact) mass is 906 g/mol. The Kier molecular flexibility index (Phi) is 21.6. The molecule has 0 aliphatic rings. The van der Waals surface area contributed by atoms with Crippen molar-refractivity contribution in [3.8, 4) is 22.3 Å². The molecule has 0 fully saturated rings. The number of nitrogens with one attached hydrogen (secondary N) is 2. The number of rotatable bonds is 18. The first-order valence-electron chi connectivity index (χ1n) is 21.1. The lowest BCUT2D eigenvalue weighted by molar-refractivity contribution is -0.156. The number of esters is 2. The Balaban J connectivity index is 0.000000266. The highest BCUT2D eigenvalue weighted by Crippen LogP contribution is 2.23. The van der Waals surface area contributed by atoms with Gasteiger partial charge in [-0.3, -0.25) is 33.0 Å². The number of benzene rings is 5. The van der Waals surface area contributed by atoms with Crippen molar-refractivity contribution in [1.82, 2.24) is 10.6 Å². The summed E-state index contributed by atoms with van der Waals surface area (Å²) in [5, 5.41) is 4.81. The standard InChI is InChI=1S/C22H25NO4.C18H18O3.C11H15NO4S/c1-4-27-22(26)20(15(2)21(25)23-3)19(24)14-16-10-12-18(13-11-16)17-8-6-5-7-9-17;1-2-21-18(20)13-17(19)12-14-8-10-16(11-9-14)15-6-4-3-5-7-15;1-8-4-6-10(7-5-8)17(14,15)16-9(2)11(13)12-3/h5-13,15,20H,4,14H2,1-3H3,(H,23,25);3-11H,2,12-13H2,1H3;4-7,9H,1-3H3,(H,12,13)/t15-,20?;;9-/m1.1/s1. The second-order valence-electron chi connectivity index (χ2n) is 14.7. The van der Waals surface area contributed by atoms with E-state index in [9.17, 15) is 37.2 Å². The molecule has 5 rings (SSSR count). The van der Waals surface area contributed by atoms with Crippen LogP contribution in [0.4, 0.5) is 0 Å². The minimum atomic E-state index is -3.89. The van der Waals surface area contributed by atoms with E-state index in [1.54, 1.807) is 32.9 Å². The van der Waals surface area contributed by atoms with E-state index in [0.717, 1.165) is 38.9 Å². The van der Waals surface area contributed by atoms with Crippen LogP contribution >= 0.6 is 0 Å². The van der Waals surface area contributed by atoms with Crippen molar-refractivity contribution in [1.29, 1.82) is 0 Å². The molecule has 1 unspecified atom stereocenters. The first kappa shape index (κ1) is 52.6. The lowest BCUT2D eigenvalue weighted by Gasteiger charge is -2.20. The highest BCUT2D eigenvalue weighted by atomic mass is 32.2. The Bertz CT molecular complexity index is 2420. The summed E-state index contributed by atoms with van der Waals surface area (Å²) in [6.07, 6.45) is -0.881. The van der Waals surface area contributed by atoms with Gasteiger partial charge in [0.25, 0.3) is 10.1 Å². The molecule has 0 aromatic heterocycles. The zero-order valence-electron chi connectivity index (χ0n) is 37.9. The number of amides is 2. The first-order valence-corrected chi connectivity index (χ1v) is 22.5. The quantitative estimate of drug-likeness (QED) is 0.0511. The zero-order chi connectivity index (χ0) is 47.9. The van der Waals surface area contributed by atoms with Crippen LogP contribution in [0.25, 0.3) is 22.3 Å². The van der Waals surface area contributed by atoms with E-state index in [1.165, 1.54) is 33.2 Å². The Morgan fingerprint density at radius 2 is 1.02 bits per heavy atom. The summed E-state index contributed by atoms with van der Waals surface area (Å²) in [6.45, 7) is 8.66. The van der Waals surface area contributed by atoms with Crippen LogP contribution < -0.4 is 10.6 Å². The van der Waals surface area contributed by atoms with Crippen molar-refractivity contribution in [2.24, 2.45) is 11.8 Å². The fraction of sp³-hybridized carbons (Fsp3) is 0.294. The molecule has 2 N–H and O–H groups in total. The Labute approximate surface area is 382 Å². The maximum atomic E-state index is 12.8. The van der Waals surface area contributed by atoms with Crippen LogP contribution in [0.15, 0.2) is 138 Å². The number of aryl methyl sites for hydroxylation is 1.